The van der Waals surface area contributed by atoms with Gasteiger partial charge in [0.05, 0.1) is 18.3 Å². The maximum atomic E-state index is 13.6. The fourth-order valence-corrected chi connectivity index (χ4v) is 1.63. The Morgan fingerprint density at radius 3 is 2.79 bits per heavy atom. The van der Waals surface area contributed by atoms with E-state index in [4.69, 9.17) is 5.11 Å². The van der Waals surface area contributed by atoms with Crippen LogP contribution >= 0.6 is 0 Å². The topological polar surface area (TPSA) is 72.2 Å². The van der Waals surface area contributed by atoms with Gasteiger partial charge in [-0.25, -0.2) is 13.9 Å². The van der Waals surface area contributed by atoms with Crippen molar-refractivity contribution in [2.45, 2.75) is 13.5 Å². The number of carboxylic acid groups (broad SMARTS) is 1. The van der Waals surface area contributed by atoms with Gasteiger partial charge in [-0.15, -0.1) is 0 Å². The van der Waals surface area contributed by atoms with Gasteiger partial charge < -0.3 is 5.11 Å². The molecular formula is C13H11FN2O3. The minimum atomic E-state index is -1.15. The molecule has 0 amide bonds. The van der Waals surface area contributed by atoms with Gasteiger partial charge >= 0.3 is 5.97 Å². The largest absolute Gasteiger partial charge is 0.478 e. The van der Waals surface area contributed by atoms with E-state index in [2.05, 4.69) is 5.10 Å². The number of aryl methyl sites for hydroxylation is 1. The molecule has 2 aromatic rings. The third kappa shape index (κ3) is 2.85. The third-order valence-corrected chi connectivity index (χ3v) is 2.62. The van der Waals surface area contributed by atoms with Crippen LogP contribution in [0.3, 0.4) is 0 Å². The van der Waals surface area contributed by atoms with E-state index in [0.29, 0.717) is 5.56 Å². The Morgan fingerprint density at radius 2 is 2.16 bits per heavy atom. The van der Waals surface area contributed by atoms with Gasteiger partial charge in [-0.1, -0.05) is 0 Å². The zero-order valence-corrected chi connectivity index (χ0v) is 10.1. The second-order valence-electron chi connectivity index (χ2n) is 4.14. The zero-order chi connectivity index (χ0) is 14.0. The Balaban J connectivity index is 2.40. The number of rotatable bonds is 3. The van der Waals surface area contributed by atoms with E-state index in [1.165, 1.54) is 24.4 Å². The molecule has 0 saturated carbocycles. The number of halogens is 1. The molecule has 1 aromatic heterocycles. The van der Waals surface area contributed by atoms with Crippen LogP contribution in [0.2, 0.25) is 0 Å². The lowest BCUT2D eigenvalue weighted by Gasteiger charge is -2.07. The van der Waals surface area contributed by atoms with Crippen LogP contribution in [0.5, 0.6) is 0 Å². The average molecular weight is 262 g/mol. The Labute approximate surface area is 107 Å². The van der Waals surface area contributed by atoms with Crippen molar-refractivity contribution in [3.63, 3.8) is 0 Å². The summed E-state index contributed by atoms with van der Waals surface area (Å²) < 4.78 is 14.7. The first kappa shape index (κ1) is 12.9. The molecule has 1 heterocycles. The van der Waals surface area contributed by atoms with Crippen molar-refractivity contribution < 1.29 is 14.3 Å². The van der Waals surface area contributed by atoms with Gasteiger partial charge in [-0.2, -0.15) is 5.10 Å². The maximum Gasteiger partial charge on any atom is 0.335 e. The van der Waals surface area contributed by atoms with E-state index in [1.807, 2.05) is 0 Å². The van der Waals surface area contributed by atoms with Crippen LogP contribution in [0.1, 0.15) is 21.5 Å². The van der Waals surface area contributed by atoms with E-state index in [9.17, 15) is 14.0 Å². The van der Waals surface area contributed by atoms with Crippen molar-refractivity contribution in [3.05, 3.63) is 63.3 Å². The summed E-state index contributed by atoms with van der Waals surface area (Å²) in [5.41, 5.74) is 0.427. The molecule has 0 atom stereocenters. The van der Waals surface area contributed by atoms with E-state index >= 15 is 0 Å². The van der Waals surface area contributed by atoms with Crippen molar-refractivity contribution >= 4 is 5.97 Å². The maximum absolute atomic E-state index is 13.6. The Hall–Kier alpha value is -2.50. The first-order chi connectivity index (χ1) is 8.97. The summed E-state index contributed by atoms with van der Waals surface area (Å²) in [4.78, 5) is 22.5. The first-order valence-electron chi connectivity index (χ1n) is 5.53. The van der Waals surface area contributed by atoms with Crippen LogP contribution in [0.15, 0.2) is 35.3 Å². The third-order valence-electron chi connectivity index (χ3n) is 2.62. The number of hydrogen-bond acceptors (Lipinski definition) is 3. The predicted molar refractivity (Wildman–Crippen MR) is 65.7 cm³/mol. The lowest BCUT2D eigenvalue weighted by Crippen LogP contribution is -2.23. The second kappa shape index (κ2) is 5.01. The molecule has 98 valence electrons. The highest BCUT2D eigenvalue weighted by atomic mass is 19.1. The molecular weight excluding hydrogens is 251 g/mol. The molecule has 19 heavy (non-hydrogen) atoms. The van der Waals surface area contributed by atoms with Crippen LogP contribution in [0, 0.1) is 12.7 Å². The summed E-state index contributed by atoms with van der Waals surface area (Å²) in [5.74, 6) is -1.72. The summed E-state index contributed by atoms with van der Waals surface area (Å²) in [6.45, 7) is 1.62. The van der Waals surface area contributed by atoms with Crippen LogP contribution in [-0.2, 0) is 6.54 Å². The Kier molecular flexibility index (Phi) is 3.41. The minimum absolute atomic E-state index is 0.0310. The van der Waals surface area contributed by atoms with Gasteiger partial charge in [0.25, 0.3) is 5.56 Å². The second-order valence-corrected chi connectivity index (χ2v) is 4.14. The fraction of sp³-hybridized carbons (Fsp3) is 0.154. The summed E-state index contributed by atoms with van der Waals surface area (Å²) in [6, 6.07) is 4.82. The number of carbonyl (C=O) groups is 1. The van der Waals surface area contributed by atoms with Crippen LogP contribution in [-0.4, -0.2) is 20.9 Å². The highest BCUT2D eigenvalue weighted by molar-refractivity contribution is 5.87. The van der Waals surface area contributed by atoms with Crippen molar-refractivity contribution in [2.24, 2.45) is 0 Å². The van der Waals surface area contributed by atoms with Gasteiger partial charge in [0.15, 0.2) is 0 Å². The summed E-state index contributed by atoms with van der Waals surface area (Å²) >= 11 is 0. The lowest BCUT2D eigenvalue weighted by atomic mass is 10.1. The minimum Gasteiger partial charge on any atom is -0.478 e. The Bertz CT molecular complexity index is 695. The highest BCUT2D eigenvalue weighted by Crippen LogP contribution is 2.11. The molecule has 0 radical (unpaired) electrons. The first-order valence-corrected chi connectivity index (χ1v) is 5.53. The molecule has 2 rings (SSSR count). The monoisotopic (exact) mass is 262 g/mol. The van der Waals surface area contributed by atoms with Gasteiger partial charge in [0, 0.05) is 11.6 Å². The van der Waals surface area contributed by atoms with Crippen molar-refractivity contribution in [1.82, 2.24) is 9.78 Å². The van der Waals surface area contributed by atoms with Gasteiger partial charge in [-0.05, 0) is 30.7 Å². The van der Waals surface area contributed by atoms with E-state index in [-0.39, 0.29) is 23.2 Å². The van der Waals surface area contributed by atoms with Gasteiger partial charge in [0.2, 0.25) is 0 Å². The summed E-state index contributed by atoms with van der Waals surface area (Å²) in [7, 11) is 0. The predicted octanol–water partition coefficient (Wildman–Crippen LogP) is 1.44. The molecule has 1 N–H and O–H groups in total. The molecule has 0 aliphatic heterocycles. The number of hydrogen-bond donors (Lipinski definition) is 1. The Morgan fingerprint density at radius 1 is 1.42 bits per heavy atom. The SMILES string of the molecule is Cc1cnn(Cc2cc(C(=O)O)ccc2F)c(=O)c1. The molecule has 0 aliphatic rings. The van der Waals surface area contributed by atoms with Crippen molar-refractivity contribution in [3.8, 4) is 0 Å². The summed E-state index contributed by atoms with van der Waals surface area (Å²) in [6.07, 6.45) is 1.49. The standard InChI is InChI=1S/C13H11FN2O3/c1-8-4-12(17)16(15-6-8)7-10-5-9(13(18)19)2-3-11(10)14/h2-6H,7H2,1H3,(H,18,19). The fourth-order valence-electron chi connectivity index (χ4n) is 1.63. The molecule has 0 spiro atoms. The molecule has 0 bridgehead atoms. The molecule has 0 unspecified atom stereocenters. The van der Waals surface area contributed by atoms with Crippen molar-refractivity contribution in [1.29, 1.82) is 0 Å². The average Bonchev–Trinajstić information content (AvgIpc) is 2.34. The molecule has 6 heteroatoms. The number of carboxylic acids is 1. The normalized spacial score (nSPS) is 10.4. The number of aromatic nitrogens is 2. The van der Waals surface area contributed by atoms with E-state index < -0.39 is 11.8 Å². The van der Waals surface area contributed by atoms with Crippen LogP contribution < -0.4 is 5.56 Å². The van der Waals surface area contributed by atoms with E-state index in [1.54, 1.807) is 6.92 Å². The number of aromatic carboxylic acids is 1. The smallest absolute Gasteiger partial charge is 0.335 e. The van der Waals surface area contributed by atoms with Crippen LogP contribution in [0.25, 0.3) is 0 Å². The lowest BCUT2D eigenvalue weighted by molar-refractivity contribution is 0.0696. The molecule has 0 aliphatic carbocycles. The number of benzene rings is 1. The highest BCUT2D eigenvalue weighted by Gasteiger charge is 2.10. The van der Waals surface area contributed by atoms with Gasteiger partial charge in [-0.3, -0.25) is 4.79 Å². The van der Waals surface area contributed by atoms with Gasteiger partial charge in [0.1, 0.15) is 5.82 Å². The quantitative estimate of drug-likeness (QED) is 0.908. The van der Waals surface area contributed by atoms with Crippen LogP contribution in [0.4, 0.5) is 4.39 Å². The number of nitrogens with zero attached hydrogens (tertiary/aromatic N) is 2. The molecule has 1 aromatic carbocycles. The van der Waals surface area contributed by atoms with Crippen molar-refractivity contribution in [2.75, 3.05) is 0 Å². The molecule has 0 fully saturated rings. The molecule has 5 nitrogen and oxygen atoms in total. The van der Waals surface area contributed by atoms with E-state index in [0.717, 1.165) is 10.7 Å². The zero-order valence-electron chi connectivity index (χ0n) is 10.1. The summed E-state index contributed by atoms with van der Waals surface area (Å²) in [5, 5.41) is 12.7. The molecule has 0 saturated heterocycles.